The Hall–Kier alpha value is -2.63. The van der Waals surface area contributed by atoms with E-state index in [2.05, 4.69) is 15.6 Å². The highest BCUT2D eigenvalue weighted by Crippen LogP contribution is 2.24. The number of benzene rings is 1. The number of nitrogens with one attached hydrogen (secondary N) is 2. The number of anilines is 2. The van der Waals surface area contributed by atoms with Gasteiger partial charge in [-0.1, -0.05) is 0 Å². The van der Waals surface area contributed by atoms with Gasteiger partial charge in [0.2, 0.25) is 0 Å². The van der Waals surface area contributed by atoms with Gasteiger partial charge in [-0.3, -0.25) is 15.1 Å². The lowest BCUT2D eigenvalue weighted by molar-refractivity contribution is -0.384. The van der Waals surface area contributed by atoms with E-state index in [0.717, 1.165) is 11.1 Å². The first-order valence-corrected chi connectivity index (χ1v) is 6.20. The second kappa shape index (κ2) is 6.01. The summed E-state index contributed by atoms with van der Waals surface area (Å²) in [6.07, 6.45) is 3.53. The smallest absolute Gasteiger partial charge is 0.273 e. The first-order chi connectivity index (χ1) is 9.60. The van der Waals surface area contributed by atoms with Gasteiger partial charge >= 0.3 is 0 Å². The van der Waals surface area contributed by atoms with Gasteiger partial charge in [0.1, 0.15) is 0 Å². The van der Waals surface area contributed by atoms with Crippen LogP contribution in [0.4, 0.5) is 17.1 Å². The van der Waals surface area contributed by atoms with E-state index in [1.807, 2.05) is 19.1 Å². The van der Waals surface area contributed by atoms with Crippen molar-refractivity contribution in [3.63, 3.8) is 0 Å². The van der Waals surface area contributed by atoms with Crippen LogP contribution in [0.2, 0.25) is 0 Å². The molecule has 2 N–H and O–H groups in total. The van der Waals surface area contributed by atoms with Crippen molar-refractivity contribution >= 4 is 17.1 Å². The Bertz CT molecular complexity index is 628. The Morgan fingerprint density at radius 1 is 1.30 bits per heavy atom. The van der Waals surface area contributed by atoms with Gasteiger partial charge in [-0.2, -0.15) is 0 Å². The quantitative estimate of drug-likeness (QED) is 0.646. The minimum Gasteiger partial charge on any atom is -0.388 e. The third-order valence-electron chi connectivity index (χ3n) is 3.04. The lowest BCUT2D eigenvalue weighted by atomic mass is 10.1. The van der Waals surface area contributed by atoms with E-state index in [-0.39, 0.29) is 5.69 Å². The molecule has 0 unspecified atom stereocenters. The summed E-state index contributed by atoms with van der Waals surface area (Å²) in [5, 5.41) is 17.0. The van der Waals surface area contributed by atoms with Crippen molar-refractivity contribution in [2.24, 2.45) is 0 Å². The molecule has 1 aromatic heterocycles. The van der Waals surface area contributed by atoms with Crippen molar-refractivity contribution in [3.05, 3.63) is 57.9 Å². The fraction of sp³-hybridized carbons (Fsp3) is 0.214. The monoisotopic (exact) mass is 272 g/mol. The molecule has 20 heavy (non-hydrogen) atoms. The lowest BCUT2D eigenvalue weighted by Gasteiger charge is -2.10. The molecule has 0 radical (unpaired) electrons. The molecule has 2 aromatic rings. The topological polar surface area (TPSA) is 80.1 Å². The molecule has 0 fully saturated rings. The van der Waals surface area contributed by atoms with Gasteiger partial charge in [0.25, 0.3) is 5.69 Å². The highest BCUT2D eigenvalue weighted by Gasteiger charge is 2.09. The third-order valence-corrected chi connectivity index (χ3v) is 3.04. The summed E-state index contributed by atoms with van der Waals surface area (Å²) in [6.45, 7) is 2.58. The molecule has 6 heteroatoms. The number of aromatic nitrogens is 1. The molecule has 0 saturated carbocycles. The molecule has 0 saturated heterocycles. The molecule has 6 nitrogen and oxygen atoms in total. The maximum absolute atomic E-state index is 10.9. The Balaban J connectivity index is 2.19. The number of nitro benzene ring substituents is 1. The Labute approximate surface area is 117 Å². The van der Waals surface area contributed by atoms with Gasteiger partial charge in [-0.05, 0) is 30.2 Å². The number of nitro groups is 1. The highest BCUT2D eigenvalue weighted by molar-refractivity contribution is 5.63. The lowest BCUT2D eigenvalue weighted by Crippen LogP contribution is -2.03. The minimum atomic E-state index is -0.399. The summed E-state index contributed by atoms with van der Waals surface area (Å²) >= 11 is 0. The molecular weight excluding hydrogens is 256 g/mol. The first kappa shape index (κ1) is 13.8. The van der Waals surface area contributed by atoms with Crippen LogP contribution in [0.15, 0.2) is 36.7 Å². The molecule has 0 aliphatic heterocycles. The number of non-ortho nitro benzene ring substituents is 1. The number of hydrogen-bond acceptors (Lipinski definition) is 5. The minimum absolute atomic E-state index is 0.0609. The average Bonchev–Trinajstić information content (AvgIpc) is 2.46. The van der Waals surface area contributed by atoms with Crippen molar-refractivity contribution in [1.29, 1.82) is 0 Å². The average molecular weight is 272 g/mol. The van der Waals surface area contributed by atoms with E-state index in [4.69, 9.17) is 0 Å². The van der Waals surface area contributed by atoms with E-state index in [9.17, 15) is 10.1 Å². The zero-order chi connectivity index (χ0) is 14.5. The maximum Gasteiger partial charge on any atom is 0.273 e. The second-order valence-electron chi connectivity index (χ2n) is 4.43. The largest absolute Gasteiger partial charge is 0.388 e. The van der Waals surface area contributed by atoms with Gasteiger partial charge in [0.05, 0.1) is 4.92 Å². The van der Waals surface area contributed by atoms with Crippen molar-refractivity contribution in [1.82, 2.24) is 4.98 Å². The summed E-state index contributed by atoms with van der Waals surface area (Å²) < 4.78 is 0. The van der Waals surface area contributed by atoms with Crippen molar-refractivity contribution in [3.8, 4) is 0 Å². The van der Waals surface area contributed by atoms with Crippen molar-refractivity contribution in [2.75, 3.05) is 17.7 Å². The second-order valence-corrected chi connectivity index (χ2v) is 4.43. The van der Waals surface area contributed by atoms with Gasteiger partial charge < -0.3 is 10.6 Å². The number of pyridine rings is 1. The Morgan fingerprint density at radius 3 is 2.70 bits per heavy atom. The highest BCUT2D eigenvalue weighted by atomic mass is 16.6. The van der Waals surface area contributed by atoms with Crippen molar-refractivity contribution < 1.29 is 4.92 Å². The number of hydrogen-bond donors (Lipinski definition) is 2. The Morgan fingerprint density at radius 2 is 2.05 bits per heavy atom. The molecule has 2 rings (SSSR count). The molecular formula is C14H16N4O2. The summed E-state index contributed by atoms with van der Waals surface area (Å²) in [4.78, 5) is 14.5. The maximum atomic E-state index is 10.9. The number of rotatable bonds is 5. The van der Waals surface area contributed by atoms with E-state index < -0.39 is 4.92 Å². The molecule has 0 bridgehead atoms. The van der Waals surface area contributed by atoms with E-state index in [1.54, 1.807) is 19.4 Å². The fourth-order valence-corrected chi connectivity index (χ4v) is 1.86. The van der Waals surface area contributed by atoms with Crippen LogP contribution in [0.1, 0.15) is 11.1 Å². The molecule has 1 heterocycles. The van der Waals surface area contributed by atoms with Crippen LogP contribution >= 0.6 is 0 Å². The molecule has 0 aliphatic carbocycles. The molecule has 0 atom stereocenters. The summed E-state index contributed by atoms with van der Waals surface area (Å²) in [6, 6.07) is 6.79. The van der Waals surface area contributed by atoms with E-state index >= 15 is 0 Å². The van der Waals surface area contributed by atoms with Gasteiger partial charge in [-0.15, -0.1) is 0 Å². The number of aryl methyl sites for hydroxylation is 1. The van der Waals surface area contributed by atoms with Crippen LogP contribution in [-0.2, 0) is 6.54 Å². The zero-order valence-electron chi connectivity index (χ0n) is 11.4. The summed E-state index contributed by atoms with van der Waals surface area (Å²) in [5.74, 6) is 0. The fourth-order valence-electron chi connectivity index (χ4n) is 1.86. The molecule has 104 valence electrons. The van der Waals surface area contributed by atoms with Crippen LogP contribution in [-0.4, -0.2) is 17.0 Å². The van der Waals surface area contributed by atoms with Crippen LogP contribution in [0.5, 0.6) is 0 Å². The summed E-state index contributed by atoms with van der Waals surface area (Å²) in [5.41, 5.74) is 3.66. The third kappa shape index (κ3) is 3.23. The Kier molecular flexibility index (Phi) is 4.14. The molecule has 0 spiro atoms. The predicted octanol–water partition coefficient (Wildman–Crippen LogP) is 2.95. The van der Waals surface area contributed by atoms with E-state index in [0.29, 0.717) is 17.9 Å². The standard InChI is InChI=1S/C14H16N4O2/c1-10-8-16-4-3-11(10)9-17-13-5-12(15-2)6-14(7-13)18(19)20/h3-8,15,17H,9H2,1-2H3. The van der Waals surface area contributed by atoms with Crippen LogP contribution in [0.25, 0.3) is 0 Å². The van der Waals surface area contributed by atoms with Gasteiger partial charge in [-0.25, -0.2) is 0 Å². The van der Waals surface area contributed by atoms with E-state index in [1.165, 1.54) is 12.1 Å². The van der Waals surface area contributed by atoms with Crippen LogP contribution in [0, 0.1) is 17.0 Å². The van der Waals surface area contributed by atoms with Crippen LogP contribution in [0.3, 0.4) is 0 Å². The molecule has 0 aliphatic rings. The van der Waals surface area contributed by atoms with Gasteiger partial charge in [0, 0.05) is 49.5 Å². The SMILES string of the molecule is CNc1cc(NCc2ccncc2C)cc([N+](=O)[O-])c1. The number of nitrogens with zero attached hydrogens (tertiary/aromatic N) is 2. The van der Waals surface area contributed by atoms with Crippen LogP contribution < -0.4 is 10.6 Å². The summed E-state index contributed by atoms with van der Waals surface area (Å²) in [7, 11) is 1.73. The van der Waals surface area contributed by atoms with Crippen molar-refractivity contribution in [2.45, 2.75) is 13.5 Å². The zero-order valence-corrected chi connectivity index (χ0v) is 11.4. The first-order valence-electron chi connectivity index (χ1n) is 6.20. The normalized spacial score (nSPS) is 10.1. The predicted molar refractivity (Wildman–Crippen MR) is 78.9 cm³/mol. The molecule has 1 aromatic carbocycles. The van der Waals surface area contributed by atoms with Gasteiger partial charge in [0.15, 0.2) is 0 Å². The molecule has 0 amide bonds.